The van der Waals surface area contributed by atoms with E-state index in [1.807, 2.05) is 38.7 Å². The van der Waals surface area contributed by atoms with E-state index in [1.165, 1.54) is 0 Å². The predicted molar refractivity (Wildman–Crippen MR) is 146 cm³/mol. The lowest BCUT2D eigenvalue weighted by Crippen LogP contribution is -2.47. The van der Waals surface area contributed by atoms with Crippen molar-refractivity contribution in [3.05, 3.63) is 58.2 Å². The molecule has 1 aliphatic heterocycles. The van der Waals surface area contributed by atoms with Crippen molar-refractivity contribution in [1.82, 2.24) is 24.4 Å². The van der Waals surface area contributed by atoms with Gasteiger partial charge >= 0.3 is 23.8 Å². The van der Waals surface area contributed by atoms with Gasteiger partial charge in [-0.1, -0.05) is 27.7 Å². The Kier molecular flexibility index (Phi) is 12.0. The molecule has 226 valence electrons. The van der Waals surface area contributed by atoms with Crippen molar-refractivity contribution < 1.29 is 33.0 Å². The minimum absolute atomic E-state index is 0.200. The summed E-state index contributed by atoms with van der Waals surface area (Å²) in [7, 11) is 0. The van der Waals surface area contributed by atoms with Gasteiger partial charge in [0.1, 0.15) is 17.3 Å². The number of nitrogens with zero attached hydrogens (tertiary/aromatic N) is 6. The zero-order valence-corrected chi connectivity index (χ0v) is 23.7. The van der Waals surface area contributed by atoms with Crippen LogP contribution in [0.15, 0.2) is 35.3 Å². The topological polar surface area (TPSA) is 142 Å². The molecular weight excluding hydrogens is 545 g/mol. The minimum Gasteiger partial charge on any atom is -0.478 e. The molecule has 0 bridgehead atoms. The lowest BCUT2D eigenvalue weighted by Gasteiger charge is -2.36. The summed E-state index contributed by atoms with van der Waals surface area (Å²) in [6.07, 6.45) is 0.950. The molecular formula is C27H37F3N6O5. The molecule has 0 aliphatic carbocycles. The molecule has 2 aromatic rings. The summed E-state index contributed by atoms with van der Waals surface area (Å²) >= 11 is 0. The number of hydrogen-bond acceptors (Lipinski definition) is 8. The number of aliphatic carboxylic acids is 2. The van der Waals surface area contributed by atoms with Crippen LogP contribution in [0.4, 0.5) is 19.0 Å². The maximum absolute atomic E-state index is 13.4. The molecule has 1 fully saturated rings. The van der Waals surface area contributed by atoms with E-state index in [0.717, 1.165) is 50.7 Å². The summed E-state index contributed by atoms with van der Waals surface area (Å²) in [5.74, 6) is -1.98. The summed E-state index contributed by atoms with van der Waals surface area (Å²) in [4.78, 5) is 47.6. The standard InChI is InChI=1S/C23H33F3N6O.C4H4O4/c1-5-17-8-11-32(21(33)27-17)10-7-6-9-30-12-14-31(15-13-30)19-16-18(23(24,25)26)28-20(29-19)22(2,3)4;5-3(6)1-2-4(7)8/h8,11,16H,5-7,9-10,12-15H2,1-4H3;1-2H,(H,5,6)(H,7,8). The van der Waals surface area contributed by atoms with Crippen LogP contribution in [0.2, 0.25) is 0 Å². The monoisotopic (exact) mass is 582 g/mol. The van der Waals surface area contributed by atoms with E-state index >= 15 is 0 Å². The molecule has 3 heterocycles. The van der Waals surface area contributed by atoms with Gasteiger partial charge in [0.25, 0.3) is 0 Å². The van der Waals surface area contributed by atoms with Gasteiger partial charge in [0, 0.05) is 68.2 Å². The van der Waals surface area contributed by atoms with Crippen LogP contribution in [-0.2, 0) is 34.1 Å². The molecule has 0 unspecified atom stereocenters. The van der Waals surface area contributed by atoms with Crippen molar-refractivity contribution in [3.63, 3.8) is 0 Å². The molecule has 0 radical (unpaired) electrons. The average molecular weight is 583 g/mol. The summed E-state index contributed by atoms with van der Waals surface area (Å²) < 4.78 is 41.8. The number of halogens is 3. The molecule has 0 saturated carbocycles. The maximum atomic E-state index is 13.4. The fraction of sp³-hybridized carbons (Fsp3) is 0.556. The largest absolute Gasteiger partial charge is 0.478 e. The van der Waals surface area contributed by atoms with Gasteiger partial charge in [0.15, 0.2) is 0 Å². The summed E-state index contributed by atoms with van der Waals surface area (Å²) in [5.41, 5.74) is -0.876. The van der Waals surface area contributed by atoms with Gasteiger partial charge in [-0.25, -0.2) is 24.4 Å². The highest BCUT2D eigenvalue weighted by Gasteiger charge is 2.36. The molecule has 0 amide bonds. The third kappa shape index (κ3) is 11.3. The Balaban J connectivity index is 0.000000642. The van der Waals surface area contributed by atoms with Crippen LogP contribution < -0.4 is 10.6 Å². The Hall–Kier alpha value is -3.81. The van der Waals surface area contributed by atoms with Crippen LogP contribution in [0.25, 0.3) is 0 Å². The number of carboxylic acids is 2. The first-order valence-corrected chi connectivity index (χ1v) is 13.2. The average Bonchev–Trinajstić information content (AvgIpc) is 2.90. The van der Waals surface area contributed by atoms with Gasteiger partial charge < -0.3 is 15.1 Å². The Bertz CT molecular complexity index is 1220. The van der Waals surface area contributed by atoms with Crippen molar-refractivity contribution in [2.24, 2.45) is 0 Å². The van der Waals surface area contributed by atoms with Crippen molar-refractivity contribution in [2.45, 2.75) is 65.1 Å². The molecule has 1 saturated heterocycles. The van der Waals surface area contributed by atoms with Crippen LogP contribution >= 0.6 is 0 Å². The zero-order valence-electron chi connectivity index (χ0n) is 23.7. The smallest absolute Gasteiger partial charge is 0.433 e. The van der Waals surface area contributed by atoms with Crippen LogP contribution in [0, 0.1) is 0 Å². The number of carboxylic acid groups (broad SMARTS) is 2. The van der Waals surface area contributed by atoms with Crippen LogP contribution in [0.5, 0.6) is 0 Å². The van der Waals surface area contributed by atoms with E-state index in [4.69, 9.17) is 10.2 Å². The normalized spacial score (nSPS) is 14.6. The van der Waals surface area contributed by atoms with Gasteiger partial charge in [0.05, 0.1) is 0 Å². The van der Waals surface area contributed by atoms with Gasteiger partial charge in [-0.3, -0.25) is 9.47 Å². The summed E-state index contributed by atoms with van der Waals surface area (Å²) in [5, 5.41) is 15.6. The van der Waals surface area contributed by atoms with Gasteiger partial charge in [-0.15, -0.1) is 0 Å². The molecule has 0 spiro atoms. The molecule has 41 heavy (non-hydrogen) atoms. The SMILES string of the molecule is CCc1ccn(CCCCN2CCN(c3cc(C(F)(F)F)nc(C(C)(C)C)n3)CC2)c(=O)n1.O=C(O)C=CC(=O)O. The van der Waals surface area contributed by atoms with Crippen molar-refractivity contribution in [3.8, 4) is 0 Å². The number of aromatic nitrogens is 4. The maximum Gasteiger partial charge on any atom is 0.433 e. The Morgan fingerprint density at radius 2 is 1.54 bits per heavy atom. The van der Waals surface area contributed by atoms with E-state index in [1.54, 1.807) is 10.8 Å². The fourth-order valence-corrected chi connectivity index (χ4v) is 3.87. The fourth-order valence-electron chi connectivity index (χ4n) is 3.87. The molecule has 11 nitrogen and oxygen atoms in total. The number of piperazine rings is 1. The van der Waals surface area contributed by atoms with Crippen LogP contribution in [-0.4, -0.2) is 79.3 Å². The molecule has 2 N–H and O–H groups in total. The molecule has 3 rings (SSSR count). The Labute approximate surface area is 236 Å². The summed E-state index contributed by atoms with van der Waals surface area (Å²) in [6, 6.07) is 2.93. The number of anilines is 1. The highest BCUT2D eigenvalue weighted by Crippen LogP contribution is 2.32. The third-order valence-electron chi connectivity index (χ3n) is 6.16. The Morgan fingerprint density at radius 3 is 2.02 bits per heavy atom. The van der Waals surface area contributed by atoms with E-state index in [-0.39, 0.29) is 11.5 Å². The van der Waals surface area contributed by atoms with Crippen LogP contribution in [0.3, 0.4) is 0 Å². The van der Waals surface area contributed by atoms with Crippen molar-refractivity contribution >= 4 is 17.8 Å². The number of rotatable bonds is 9. The van der Waals surface area contributed by atoms with Gasteiger partial charge in [0.2, 0.25) is 0 Å². The second-order valence-electron chi connectivity index (χ2n) is 10.5. The lowest BCUT2D eigenvalue weighted by molar-refractivity contribution is -0.141. The van der Waals surface area contributed by atoms with Crippen molar-refractivity contribution in [1.29, 1.82) is 0 Å². The van der Waals surface area contributed by atoms with E-state index in [0.29, 0.717) is 37.6 Å². The number of aryl methyl sites for hydroxylation is 2. The number of unbranched alkanes of at least 4 members (excludes halogenated alkanes) is 1. The highest BCUT2D eigenvalue weighted by atomic mass is 19.4. The predicted octanol–water partition coefficient (Wildman–Crippen LogP) is 3.23. The first-order valence-electron chi connectivity index (χ1n) is 13.2. The summed E-state index contributed by atoms with van der Waals surface area (Å²) in [6.45, 7) is 11.6. The lowest BCUT2D eigenvalue weighted by atomic mass is 9.95. The third-order valence-corrected chi connectivity index (χ3v) is 6.16. The van der Waals surface area contributed by atoms with Gasteiger partial charge in [-0.05, 0) is 31.9 Å². The zero-order chi connectivity index (χ0) is 30.8. The molecule has 0 atom stereocenters. The molecule has 14 heteroatoms. The number of hydrogen-bond donors (Lipinski definition) is 2. The molecule has 1 aliphatic rings. The quantitative estimate of drug-likeness (QED) is 0.334. The molecule has 0 aromatic carbocycles. The first-order chi connectivity index (χ1) is 19.1. The number of alkyl halides is 3. The van der Waals surface area contributed by atoms with Crippen molar-refractivity contribution in [2.75, 3.05) is 37.6 Å². The van der Waals surface area contributed by atoms with Gasteiger partial charge in [-0.2, -0.15) is 18.2 Å². The van der Waals surface area contributed by atoms with E-state index < -0.39 is 29.2 Å². The first kappa shape index (κ1) is 33.4. The van der Waals surface area contributed by atoms with E-state index in [2.05, 4.69) is 19.9 Å². The second kappa shape index (κ2) is 14.7. The van der Waals surface area contributed by atoms with Crippen LogP contribution in [0.1, 0.15) is 57.7 Å². The number of carbonyl (C=O) groups is 2. The highest BCUT2D eigenvalue weighted by molar-refractivity contribution is 5.89. The second-order valence-corrected chi connectivity index (χ2v) is 10.5. The van der Waals surface area contributed by atoms with E-state index in [9.17, 15) is 27.6 Å². The minimum atomic E-state index is -4.51. The Morgan fingerprint density at radius 1 is 0.951 bits per heavy atom. The molecule has 2 aromatic heterocycles.